The van der Waals surface area contributed by atoms with Crippen LogP contribution in [-0.4, -0.2) is 10.9 Å². The highest BCUT2D eigenvalue weighted by atomic mass is 19.2. The summed E-state index contributed by atoms with van der Waals surface area (Å²) < 4.78 is 26.1. The van der Waals surface area contributed by atoms with Gasteiger partial charge in [-0.3, -0.25) is 4.79 Å². The third kappa shape index (κ3) is 5.48. The zero-order valence-electron chi connectivity index (χ0n) is 14.4. The first-order chi connectivity index (χ1) is 13.1. The second kappa shape index (κ2) is 8.72. The summed E-state index contributed by atoms with van der Waals surface area (Å²) in [4.78, 5) is 16.2. The van der Waals surface area contributed by atoms with E-state index in [-0.39, 0.29) is 12.3 Å². The number of halogens is 2. The molecule has 0 atom stereocenters. The van der Waals surface area contributed by atoms with E-state index in [4.69, 9.17) is 0 Å². The fourth-order valence-electron chi connectivity index (χ4n) is 2.42. The van der Waals surface area contributed by atoms with Gasteiger partial charge in [-0.15, -0.1) is 0 Å². The lowest BCUT2D eigenvalue weighted by molar-refractivity contribution is -0.116. The number of aromatic nitrogens is 1. The van der Waals surface area contributed by atoms with E-state index in [9.17, 15) is 13.6 Å². The molecule has 0 bridgehead atoms. The molecule has 0 radical (unpaired) electrons. The Balaban J connectivity index is 1.59. The summed E-state index contributed by atoms with van der Waals surface area (Å²) >= 11 is 0. The van der Waals surface area contributed by atoms with Crippen molar-refractivity contribution in [3.63, 3.8) is 0 Å². The van der Waals surface area contributed by atoms with E-state index >= 15 is 0 Å². The van der Waals surface area contributed by atoms with Crippen molar-refractivity contribution >= 4 is 11.6 Å². The zero-order valence-corrected chi connectivity index (χ0v) is 14.4. The largest absolute Gasteiger partial charge is 0.326 e. The van der Waals surface area contributed by atoms with Crippen LogP contribution in [-0.2, 0) is 11.2 Å². The monoisotopic (exact) mass is 362 g/mol. The summed E-state index contributed by atoms with van der Waals surface area (Å²) in [5, 5.41) is 2.79. The quantitative estimate of drug-likeness (QED) is 0.702. The number of nitrogens with zero attached hydrogens (tertiary/aromatic N) is 1. The fraction of sp³-hybridized carbons (Fsp3) is 0.0909. The topological polar surface area (TPSA) is 42.0 Å². The van der Waals surface area contributed by atoms with Crippen molar-refractivity contribution in [2.45, 2.75) is 12.8 Å². The highest BCUT2D eigenvalue weighted by Gasteiger charge is 2.06. The first-order valence-electron chi connectivity index (χ1n) is 8.37. The number of rotatable bonds is 4. The SMILES string of the molecule is O=C(CCc1ccc(F)c(F)c1)Nc1cccc(C#Cc2ccccn2)c1. The molecule has 2 aromatic carbocycles. The van der Waals surface area contributed by atoms with E-state index in [1.54, 1.807) is 24.4 Å². The van der Waals surface area contributed by atoms with Crippen LogP contribution in [0.15, 0.2) is 66.9 Å². The van der Waals surface area contributed by atoms with Crippen molar-refractivity contribution in [2.24, 2.45) is 0 Å². The van der Waals surface area contributed by atoms with E-state index in [1.165, 1.54) is 6.07 Å². The van der Waals surface area contributed by atoms with Crippen LogP contribution in [0.3, 0.4) is 0 Å². The highest BCUT2D eigenvalue weighted by Crippen LogP contribution is 2.13. The van der Waals surface area contributed by atoms with Gasteiger partial charge in [-0.05, 0) is 60.4 Å². The Kier molecular flexibility index (Phi) is 5.91. The van der Waals surface area contributed by atoms with Crippen molar-refractivity contribution in [1.82, 2.24) is 4.98 Å². The molecule has 1 aromatic heterocycles. The molecule has 1 amide bonds. The molecule has 0 spiro atoms. The molecule has 0 saturated carbocycles. The molecule has 0 fully saturated rings. The van der Waals surface area contributed by atoms with Crippen LogP contribution in [0.2, 0.25) is 0 Å². The summed E-state index contributed by atoms with van der Waals surface area (Å²) in [5.74, 6) is 3.94. The summed E-state index contributed by atoms with van der Waals surface area (Å²) in [5.41, 5.74) is 2.61. The van der Waals surface area contributed by atoms with E-state index in [2.05, 4.69) is 22.1 Å². The molecule has 1 heterocycles. The Labute approximate surface area is 156 Å². The molecule has 0 saturated heterocycles. The third-order valence-corrected chi connectivity index (χ3v) is 3.77. The normalized spacial score (nSPS) is 10.0. The predicted molar refractivity (Wildman–Crippen MR) is 100.0 cm³/mol. The number of pyridine rings is 1. The Bertz CT molecular complexity index is 1010. The predicted octanol–water partition coefficient (Wildman–Crippen LogP) is 4.33. The van der Waals surface area contributed by atoms with Crippen LogP contribution in [0.1, 0.15) is 23.2 Å². The molecule has 0 aliphatic heterocycles. The summed E-state index contributed by atoms with van der Waals surface area (Å²) in [6.45, 7) is 0. The highest BCUT2D eigenvalue weighted by molar-refractivity contribution is 5.91. The maximum Gasteiger partial charge on any atom is 0.224 e. The Hall–Kier alpha value is -3.52. The number of carbonyl (C=O) groups excluding carboxylic acids is 1. The van der Waals surface area contributed by atoms with Crippen LogP contribution >= 0.6 is 0 Å². The van der Waals surface area contributed by atoms with Gasteiger partial charge in [0, 0.05) is 23.9 Å². The van der Waals surface area contributed by atoms with Gasteiger partial charge in [0.1, 0.15) is 5.69 Å². The van der Waals surface area contributed by atoms with Gasteiger partial charge < -0.3 is 5.32 Å². The number of carbonyl (C=O) groups is 1. The van der Waals surface area contributed by atoms with Crippen LogP contribution in [0, 0.1) is 23.5 Å². The molecule has 0 aliphatic rings. The summed E-state index contributed by atoms with van der Waals surface area (Å²) in [6.07, 6.45) is 2.16. The van der Waals surface area contributed by atoms with E-state index in [0.717, 1.165) is 17.7 Å². The maximum absolute atomic E-state index is 13.2. The van der Waals surface area contributed by atoms with E-state index < -0.39 is 11.6 Å². The molecule has 0 aliphatic carbocycles. The number of benzene rings is 2. The summed E-state index contributed by atoms with van der Waals surface area (Å²) in [7, 11) is 0. The fourth-order valence-corrected chi connectivity index (χ4v) is 2.42. The van der Waals surface area contributed by atoms with Gasteiger partial charge in [0.2, 0.25) is 5.91 Å². The number of anilines is 1. The van der Waals surface area contributed by atoms with Crippen molar-refractivity contribution in [2.75, 3.05) is 5.32 Å². The van der Waals surface area contributed by atoms with Crippen molar-refractivity contribution < 1.29 is 13.6 Å². The molecule has 0 unspecified atom stereocenters. The molecule has 3 rings (SSSR count). The lowest BCUT2D eigenvalue weighted by atomic mass is 10.1. The van der Waals surface area contributed by atoms with Gasteiger partial charge in [0.15, 0.2) is 11.6 Å². The van der Waals surface area contributed by atoms with Gasteiger partial charge in [0.25, 0.3) is 0 Å². The summed E-state index contributed by atoms with van der Waals surface area (Å²) in [6, 6.07) is 16.3. The lowest BCUT2D eigenvalue weighted by Gasteiger charge is -2.06. The molecular formula is C22H16F2N2O. The maximum atomic E-state index is 13.2. The zero-order chi connectivity index (χ0) is 19.1. The molecule has 134 valence electrons. The number of hydrogen-bond donors (Lipinski definition) is 1. The van der Waals surface area contributed by atoms with E-state index in [1.807, 2.05) is 24.3 Å². The van der Waals surface area contributed by atoms with Gasteiger partial charge in [-0.1, -0.05) is 24.1 Å². The van der Waals surface area contributed by atoms with Crippen molar-refractivity contribution in [3.05, 3.63) is 95.3 Å². The molecule has 5 heteroatoms. The van der Waals surface area contributed by atoms with E-state index in [0.29, 0.717) is 23.4 Å². The van der Waals surface area contributed by atoms with Crippen LogP contribution in [0.25, 0.3) is 0 Å². The molecule has 3 nitrogen and oxygen atoms in total. The average molecular weight is 362 g/mol. The second-order valence-electron chi connectivity index (χ2n) is 5.84. The standard InChI is InChI=1S/C22H16F2N2O/c23-20-11-8-17(15-21(20)24)9-12-22(27)26-19-6-3-4-16(14-19)7-10-18-5-1-2-13-25-18/h1-6,8,11,13-15H,9,12H2,(H,26,27). The number of hydrogen-bond acceptors (Lipinski definition) is 2. The first kappa shape index (κ1) is 18.3. The second-order valence-corrected chi connectivity index (χ2v) is 5.84. The van der Waals surface area contributed by atoms with Gasteiger partial charge in [-0.25, -0.2) is 13.8 Å². The minimum Gasteiger partial charge on any atom is -0.326 e. The number of nitrogens with one attached hydrogen (secondary N) is 1. The molecule has 27 heavy (non-hydrogen) atoms. The third-order valence-electron chi connectivity index (χ3n) is 3.77. The number of aryl methyl sites for hydroxylation is 1. The number of amides is 1. The minimum absolute atomic E-state index is 0.162. The molecule has 1 N–H and O–H groups in total. The smallest absolute Gasteiger partial charge is 0.224 e. The van der Waals surface area contributed by atoms with Gasteiger partial charge in [-0.2, -0.15) is 0 Å². The lowest BCUT2D eigenvalue weighted by Crippen LogP contribution is -2.12. The Morgan fingerprint density at radius 2 is 1.85 bits per heavy atom. The molecular weight excluding hydrogens is 346 g/mol. The van der Waals surface area contributed by atoms with Gasteiger partial charge >= 0.3 is 0 Å². The van der Waals surface area contributed by atoms with Crippen molar-refractivity contribution in [1.29, 1.82) is 0 Å². The minimum atomic E-state index is -0.910. The Morgan fingerprint density at radius 1 is 0.963 bits per heavy atom. The van der Waals surface area contributed by atoms with Gasteiger partial charge in [0.05, 0.1) is 0 Å². The van der Waals surface area contributed by atoms with Crippen LogP contribution in [0.4, 0.5) is 14.5 Å². The Morgan fingerprint density at radius 3 is 2.63 bits per heavy atom. The van der Waals surface area contributed by atoms with Crippen LogP contribution < -0.4 is 5.32 Å². The van der Waals surface area contributed by atoms with Crippen LogP contribution in [0.5, 0.6) is 0 Å². The first-order valence-corrected chi connectivity index (χ1v) is 8.37. The average Bonchev–Trinajstić information content (AvgIpc) is 2.68. The van der Waals surface area contributed by atoms with Crippen molar-refractivity contribution in [3.8, 4) is 11.8 Å². The molecule has 3 aromatic rings.